The van der Waals surface area contributed by atoms with Crippen molar-refractivity contribution in [2.75, 3.05) is 0 Å². The van der Waals surface area contributed by atoms with Gasteiger partial charge in [-0.2, -0.15) is 5.26 Å². The van der Waals surface area contributed by atoms with E-state index < -0.39 is 0 Å². The summed E-state index contributed by atoms with van der Waals surface area (Å²) in [5.41, 5.74) is 8.95. The van der Waals surface area contributed by atoms with Gasteiger partial charge >= 0.3 is 0 Å². The van der Waals surface area contributed by atoms with Gasteiger partial charge in [0.15, 0.2) is 0 Å². The van der Waals surface area contributed by atoms with Gasteiger partial charge in [-0.1, -0.05) is 98.5 Å². The number of furan rings is 1. The van der Waals surface area contributed by atoms with Crippen molar-refractivity contribution < 1.29 is 24.5 Å². The van der Waals surface area contributed by atoms with Crippen molar-refractivity contribution >= 4 is 32.7 Å². The Morgan fingerprint density at radius 3 is 2.24 bits per heavy atom. The summed E-state index contributed by atoms with van der Waals surface area (Å²) < 4.78 is 6.46. The predicted molar refractivity (Wildman–Crippen MR) is 195 cm³/mol. The summed E-state index contributed by atoms with van der Waals surface area (Å²) in [4.78, 5) is 9.01. The molecule has 8 rings (SSSR count). The van der Waals surface area contributed by atoms with Crippen molar-refractivity contribution in [1.29, 1.82) is 5.26 Å². The Bertz CT molecular complexity index is 2410. The van der Waals surface area contributed by atoms with Crippen molar-refractivity contribution in [2.24, 2.45) is 0 Å². The molecular weight excluding hydrogens is 779 g/mol. The van der Waals surface area contributed by atoms with Crippen LogP contribution in [0.2, 0.25) is 0 Å². The molecule has 0 atom stereocenters. The van der Waals surface area contributed by atoms with Gasteiger partial charge in [0.25, 0.3) is 0 Å². The molecule has 241 valence electrons. The monoisotopic (exact) mass is 812 g/mol. The Morgan fingerprint density at radius 1 is 0.735 bits per heavy atom. The van der Waals surface area contributed by atoms with Gasteiger partial charge in [-0.3, -0.25) is 0 Å². The van der Waals surface area contributed by atoms with Gasteiger partial charge < -0.3 is 14.4 Å². The maximum atomic E-state index is 9.85. The fourth-order valence-electron chi connectivity index (χ4n) is 5.94. The van der Waals surface area contributed by atoms with Gasteiger partial charge in [0.05, 0.1) is 17.2 Å². The topological polar surface area (TPSA) is 62.7 Å². The average molecular weight is 812 g/mol. The van der Waals surface area contributed by atoms with Gasteiger partial charge in [0.2, 0.25) is 0 Å². The molecule has 0 N–H and O–H groups in total. The van der Waals surface area contributed by atoms with Crippen molar-refractivity contribution in [1.82, 2.24) is 9.97 Å². The summed E-state index contributed by atoms with van der Waals surface area (Å²) in [5, 5.41) is 14.1. The summed E-state index contributed by atoms with van der Waals surface area (Å²) in [6, 6.07) is 49.0. The number of hydrogen-bond acceptors (Lipinski definition) is 4. The van der Waals surface area contributed by atoms with Crippen molar-refractivity contribution in [3.8, 4) is 39.7 Å². The van der Waals surface area contributed by atoms with Crippen molar-refractivity contribution in [2.45, 2.75) is 32.6 Å². The molecule has 0 amide bonds. The second-order valence-electron chi connectivity index (χ2n) is 12.4. The minimum Gasteiger partial charge on any atom is -0.500 e. The Morgan fingerprint density at radius 2 is 1.53 bits per heavy atom. The number of aromatic nitrogens is 2. The van der Waals surface area contributed by atoms with Crippen LogP contribution in [0.1, 0.15) is 38.3 Å². The van der Waals surface area contributed by atoms with Crippen LogP contribution in [-0.4, -0.2) is 9.97 Å². The number of pyridine rings is 2. The van der Waals surface area contributed by atoms with Crippen LogP contribution in [0.3, 0.4) is 0 Å². The SMILES string of the molecule is CCC(C)(C)c1ccc(-c2[c-]cccc2)nc1.N#Cc1ccc2c(oc3c(-c4ccccn4)[c-]ccc32)c1-c1ccc2ccccc2c1.[Ir]. The largest absolute Gasteiger partial charge is 0.500 e. The molecule has 5 aromatic carbocycles. The molecule has 0 aliphatic heterocycles. The molecule has 0 aliphatic carbocycles. The molecule has 4 nitrogen and oxygen atoms in total. The summed E-state index contributed by atoms with van der Waals surface area (Å²) >= 11 is 0. The quantitative estimate of drug-likeness (QED) is 0.162. The zero-order valence-corrected chi connectivity index (χ0v) is 29.9. The Hall–Kier alpha value is -5.40. The molecule has 0 aliphatic rings. The van der Waals surface area contributed by atoms with E-state index >= 15 is 0 Å². The molecule has 0 unspecified atom stereocenters. The van der Waals surface area contributed by atoms with E-state index in [0.29, 0.717) is 11.1 Å². The fraction of sp³-hybridized carbons (Fsp3) is 0.114. The van der Waals surface area contributed by atoms with E-state index in [4.69, 9.17) is 4.42 Å². The number of nitriles is 1. The predicted octanol–water partition coefficient (Wildman–Crippen LogP) is 11.4. The molecule has 8 aromatic rings. The van der Waals surface area contributed by atoms with Crippen LogP contribution in [0.15, 0.2) is 138 Å². The number of benzene rings is 5. The van der Waals surface area contributed by atoms with E-state index in [0.717, 1.165) is 67.2 Å². The van der Waals surface area contributed by atoms with E-state index in [2.05, 4.69) is 91.4 Å². The van der Waals surface area contributed by atoms with Gasteiger partial charge in [-0.05, 0) is 63.3 Å². The van der Waals surface area contributed by atoms with Gasteiger partial charge in [-0.25, -0.2) is 0 Å². The zero-order chi connectivity index (χ0) is 33.1. The van der Waals surface area contributed by atoms with Crippen molar-refractivity contribution in [3.05, 3.63) is 157 Å². The van der Waals surface area contributed by atoms with Crippen LogP contribution in [0.5, 0.6) is 0 Å². The smallest absolute Gasteiger partial charge is 0.130 e. The Balaban J connectivity index is 0.000000198. The first-order valence-electron chi connectivity index (χ1n) is 16.1. The molecule has 49 heavy (non-hydrogen) atoms. The zero-order valence-electron chi connectivity index (χ0n) is 27.5. The number of hydrogen-bond donors (Lipinski definition) is 0. The summed E-state index contributed by atoms with van der Waals surface area (Å²) in [6.45, 7) is 6.70. The first kappa shape index (κ1) is 33.5. The molecule has 5 heteroatoms. The molecule has 3 heterocycles. The third-order valence-electron chi connectivity index (χ3n) is 9.09. The minimum atomic E-state index is 0. The van der Waals surface area contributed by atoms with Crippen molar-refractivity contribution in [3.63, 3.8) is 0 Å². The van der Waals surface area contributed by atoms with E-state index in [9.17, 15) is 5.26 Å². The van der Waals surface area contributed by atoms with Gasteiger partial charge in [0, 0.05) is 43.4 Å². The second-order valence-corrected chi connectivity index (χ2v) is 12.4. The molecule has 1 radical (unpaired) electrons. The third-order valence-corrected chi connectivity index (χ3v) is 9.09. The first-order chi connectivity index (χ1) is 23.5. The minimum absolute atomic E-state index is 0. The average Bonchev–Trinajstić information content (AvgIpc) is 3.54. The molecule has 0 saturated carbocycles. The van der Waals surface area contributed by atoms with Crippen LogP contribution in [0.4, 0.5) is 0 Å². The number of nitrogens with zero attached hydrogens (tertiary/aromatic N) is 3. The van der Waals surface area contributed by atoms with Crippen LogP contribution >= 0.6 is 0 Å². The normalized spacial score (nSPS) is 11.1. The molecule has 0 bridgehead atoms. The number of fused-ring (bicyclic) bond motifs is 4. The van der Waals surface area contributed by atoms with E-state index in [1.165, 1.54) is 5.56 Å². The summed E-state index contributed by atoms with van der Waals surface area (Å²) in [5.74, 6) is 0. The van der Waals surface area contributed by atoms with Gasteiger partial charge in [-0.15, -0.1) is 54.1 Å². The van der Waals surface area contributed by atoms with E-state index in [1.807, 2.05) is 85.1 Å². The maximum Gasteiger partial charge on any atom is 0.130 e. The second kappa shape index (κ2) is 14.4. The Labute approximate surface area is 300 Å². The molecule has 0 saturated heterocycles. The molecule has 3 aromatic heterocycles. The number of rotatable bonds is 5. The van der Waals surface area contributed by atoms with Crippen LogP contribution in [-0.2, 0) is 25.5 Å². The van der Waals surface area contributed by atoms with Gasteiger partial charge in [0.1, 0.15) is 5.58 Å². The standard InChI is InChI=1S/C28H15N2O.C16H18N.Ir/c29-17-21-13-14-23-22-8-5-9-24(25-10-3-4-15-30-25)27(22)31-28(23)26(21)20-12-11-18-6-1-2-7-19(18)16-20;1-4-16(2,3)14-10-11-15(17-12-14)13-8-6-5-7-9-13;/h1-8,10-16H;5-8,10-12H,4H2,1-3H3;/q2*-1;. The van der Waals surface area contributed by atoms with E-state index in [1.54, 1.807) is 6.20 Å². The molecular formula is C44H33IrN3O-2. The van der Waals surface area contributed by atoms with Crippen LogP contribution in [0.25, 0.3) is 66.4 Å². The molecule has 0 fully saturated rings. The summed E-state index contributed by atoms with van der Waals surface area (Å²) in [7, 11) is 0. The van der Waals surface area contributed by atoms with Crippen LogP contribution < -0.4 is 0 Å². The Kier molecular flexibility index (Phi) is 9.83. The fourth-order valence-corrected chi connectivity index (χ4v) is 5.94. The van der Waals surface area contributed by atoms with E-state index in [-0.39, 0.29) is 25.5 Å². The first-order valence-corrected chi connectivity index (χ1v) is 16.1. The molecule has 0 spiro atoms. The maximum absolute atomic E-state index is 9.85. The summed E-state index contributed by atoms with van der Waals surface area (Å²) in [6.07, 6.45) is 4.87. The third kappa shape index (κ3) is 6.67. The van der Waals surface area contributed by atoms with Crippen LogP contribution in [0, 0.1) is 23.5 Å².